The molecule has 0 radical (unpaired) electrons. The van der Waals surface area contributed by atoms with Crippen molar-refractivity contribution in [2.75, 3.05) is 13.1 Å². The highest BCUT2D eigenvalue weighted by Gasteiger charge is 2.29. The van der Waals surface area contributed by atoms with E-state index in [1.54, 1.807) is 24.5 Å². The first-order valence-electron chi connectivity index (χ1n) is 7.38. The topological polar surface area (TPSA) is 36.4 Å². The van der Waals surface area contributed by atoms with Crippen LogP contribution in [0.4, 0.5) is 4.39 Å². The van der Waals surface area contributed by atoms with Gasteiger partial charge in [-0.15, -0.1) is 0 Å². The summed E-state index contributed by atoms with van der Waals surface area (Å²) in [5, 5.41) is 11.1. The van der Waals surface area contributed by atoms with Gasteiger partial charge in [0.1, 0.15) is 5.82 Å². The predicted octanol–water partition coefficient (Wildman–Crippen LogP) is 3.22. The Labute approximate surface area is 134 Å². The van der Waals surface area contributed by atoms with E-state index < -0.39 is 6.10 Å². The Hall–Kier alpha value is -1.49. The van der Waals surface area contributed by atoms with E-state index in [-0.39, 0.29) is 11.7 Å². The van der Waals surface area contributed by atoms with E-state index >= 15 is 0 Å². The number of hydrogen-bond acceptors (Lipinski definition) is 3. The second-order valence-electron chi connectivity index (χ2n) is 5.72. The van der Waals surface area contributed by atoms with Crippen LogP contribution in [-0.2, 0) is 6.54 Å². The molecule has 0 aliphatic carbocycles. The summed E-state index contributed by atoms with van der Waals surface area (Å²) >= 11 is 6.13. The summed E-state index contributed by atoms with van der Waals surface area (Å²) in [6.07, 6.45) is 3.75. The molecule has 5 heteroatoms. The molecule has 1 aromatic carbocycles. The van der Waals surface area contributed by atoms with E-state index in [0.717, 1.165) is 24.1 Å². The first-order valence-corrected chi connectivity index (χ1v) is 7.75. The predicted molar refractivity (Wildman–Crippen MR) is 84.3 cm³/mol. The lowest BCUT2D eigenvalue weighted by Crippen LogP contribution is -2.42. The van der Waals surface area contributed by atoms with Gasteiger partial charge in [-0.1, -0.05) is 23.7 Å². The fraction of sp³-hybridized carbons (Fsp3) is 0.353. The summed E-state index contributed by atoms with van der Waals surface area (Å²) in [7, 11) is 0. The molecule has 1 fully saturated rings. The van der Waals surface area contributed by atoms with Gasteiger partial charge in [0.05, 0.1) is 11.1 Å². The van der Waals surface area contributed by atoms with Crippen molar-refractivity contribution in [3.8, 4) is 0 Å². The zero-order valence-electron chi connectivity index (χ0n) is 12.1. The van der Waals surface area contributed by atoms with E-state index in [4.69, 9.17) is 11.6 Å². The number of β-amino-alcohol motifs (C(OH)–C–C–N with tert-alkyl or cyclic N) is 1. The molecule has 0 spiro atoms. The van der Waals surface area contributed by atoms with Crippen molar-refractivity contribution in [2.24, 2.45) is 0 Å². The Bertz CT molecular complexity index is 635. The largest absolute Gasteiger partial charge is 0.391 e. The van der Waals surface area contributed by atoms with Gasteiger partial charge >= 0.3 is 0 Å². The SMILES string of the molecule is O[C@@H]1CN(Cc2ccncc2Cl)CC[C@H]1c1ccc(F)cc1. The number of benzene rings is 1. The molecule has 1 N–H and O–H groups in total. The highest BCUT2D eigenvalue weighted by molar-refractivity contribution is 6.31. The third-order valence-corrected chi connectivity index (χ3v) is 4.55. The van der Waals surface area contributed by atoms with Crippen LogP contribution in [0.2, 0.25) is 5.02 Å². The van der Waals surface area contributed by atoms with Crippen molar-refractivity contribution in [1.82, 2.24) is 9.88 Å². The number of piperidine rings is 1. The summed E-state index contributed by atoms with van der Waals surface area (Å²) < 4.78 is 13.0. The quantitative estimate of drug-likeness (QED) is 0.943. The molecule has 2 aromatic rings. The van der Waals surface area contributed by atoms with E-state index in [2.05, 4.69) is 9.88 Å². The molecule has 3 rings (SSSR count). The fourth-order valence-electron chi connectivity index (χ4n) is 3.01. The minimum Gasteiger partial charge on any atom is -0.391 e. The number of rotatable bonds is 3. The number of pyridine rings is 1. The average Bonchev–Trinajstić information content (AvgIpc) is 2.51. The van der Waals surface area contributed by atoms with Crippen LogP contribution in [0.25, 0.3) is 0 Å². The molecule has 1 aromatic heterocycles. The van der Waals surface area contributed by atoms with Gasteiger partial charge in [0, 0.05) is 31.4 Å². The standard InChI is InChI=1S/C17H18ClFN2O/c18-16-9-20-7-5-13(16)10-21-8-6-15(17(22)11-21)12-1-3-14(19)4-2-12/h1-5,7,9,15,17,22H,6,8,10-11H2/t15-,17+/m0/s1. The number of aliphatic hydroxyl groups is 1. The van der Waals surface area contributed by atoms with Crippen LogP contribution in [0.5, 0.6) is 0 Å². The van der Waals surface area contributed by atoms with Gasteiger partial charge < -0.3 is 5.11 Å². The summed E-state index contributed by atoms with van der Waals surface area (Å²) in [6.45, 7) is 2.16. The Morgan fingerprint density at radius 2 is 2.05 bits per heavy atom. The van der Waals surface area contributed by atoms with Crippen molar-refractivity contribution in [2.45, 2.75) is 25.0 Å². The van der Waals surface area contributed by atoms with Crippen molar-refractivity contribution in [1.29, 1.82) is 0 Å². The fourth-order valence-corrected chi connectivity index (χ4v) is 3.19. The molecule has 0 saturated carbocycles. The molecule has 22 heavy (non-hydrogen) atoms. The van der Waals surface area contributed by atoms with Gasteiger partial charge in [-0.3, -0.25) is 9.88 Å². The van der Waals surface area contributed by atoms with Crippen LogP contribution >= 0.6 is 11.6 Å². The van der Waals surface area contributed by atoms with E-state index in [1.165, 1.54) is 12.1 Å². The summed E-state index contributed by atoms with van der Waals surface area (Å²) in [4.78, 5) is 6.17. The van der Waals surface area contributed by atoms with E-state index in [0.29, 0.717) is 18.1 Å². The number of nitrogens with zero attached hydrogens (tertiary/aromatic N) is 2. The van der Waals surface area contributed by atoms with E-state index in [9.17, 15) is 9.50 Å². The first-order chi connectivity index (χ1) is 10.6. The maximum Gasteiger partial charge on any atom is 0.123 e. The number of halogens is 2. The smallest absolute Gasteiger partial charge is 0.123 e. The van der Waals surface area contributed by atoms with Crippen molar-refractivity contribution < 1.29 is 9.50 Å². The molecule has 2 heterocycles. The van der Waals surface area contributed by atoms with Crippen LogP contribution in [-0.4, -0.2) is 34.2 Å². The number of likely N-dealkylation sites (tertiary alicyclic amines) is 1. The normalized spacial score (nSPS) is 22.7. The van der Waals surface area contributed by atoms with Gasteiger partial charge in [0.25, 0.3) is 0 Å². The monoisotopic (exact) mass is 320 g/mol. The van der Waals surface area contributed by atoms with Gasteiger partial charge in [0.2, 0.25) is 0 Å². The first kappa shape index (κ1) is 15.4. The third-order valence-electron chi connectivity index (χ3n) is 4.21. The Morgan fingerprint density at radius 3 is 2.73 bits per heavy atom. The third kappa shape index (κ3) is 3.46. The lowest BCUT2D eigenvalue weighted by Gasteiger charge is -2.36. The average molecular weight is 321 g/mol. The van der Waals surface area contributed by atoms with Crippen molar-refractivity contribution in [3.63, 3.8) is 0 Å². The molecule has 1 aliphatic rings. The minimum absolute atomic E-state index is 0.0600. The molecular weight excluding hydrogens is 303 g/mol. The van der Waals surface area contributed by atoms with Crippen molar-refractivity contribution >= 4 is 11.6 Å². The molecule has 116 valence electrons. The van der Waals surface area contributed by atoms with Gasteiger partial charge in [-0.2, -0.15) is 0 Å². The number of aliphatic hydroxyl groups excluding tert-OH is 1. The molecule has 1 saturated heterocycles. The molecule has 1 aliphatic heterocycles. The maximum absolute atomic E-state index is 13.0. The molecular formula is C17H18ClFN2O. The van der Waals surface area contributed by atoms with Gasteiger partial charge in [-0.25, -0.2) is 4.39 Å². The highest BCUT2D eigenvalue weighted by atomic mass is 35.5. The van der Waals surface area contributed by atoms with Crippen molar-refractivity contribution in [3.05, 3.63) is 64.7 Å². The summed E-state index contributed by atoms with van der Waals surface area (Å²) in [5.74, 6) is -0.187. The number of aromatic nitrogens is 1. The molecule has 0 bridgehead atoms. The Balaban J connectivity index is 1.65. The maximum atomic E-state index is 13.0. The van der Waals surface area contributed by atoms with E-state index in [1.807, 2.05) is 6.07 Å². The lowest BCUT2D eigenvalue weighted by molar-refractivity contribution is 0.0476. The van der Waals surface area contributed by atoms with Crippen LogP contribution in [0.3, 0.4) is 0 Å². The molecule has 3 nitrogen and oxygen atoms in total. The minimum atomic E-state index is -0.458. The van der Waals surface area contributed by atoms with Gasteiger partial charge in [0.15, 0.2) is 0 Å². The van der Waals surface area contributed by atoms with Crippen LogP contribution in [0.15, 0.2) is 42.7 Å². The Morgan fingerprint density at radius 1 is 1.27 bits per heavy atom. The highest BCUT2D eigenvalue weighted by Crippen LogP contribution is 2.29. The Kier molecular flexibility index (Phi) is 4.71. The lowest BCUT2D eigenvalue weighted by atomic mass is 9.87. The molecule has 0 amide bonds. The zero-order valence-corrected chi connectivity index (χ0v) is 12.9. The second kappa shape index (κ2) is 6.73. The molecule has 0 unspecified atom stereocenters. The molecule has 2 atom stereocenters. The van der Waals surface area contributed by atoms with Crippen LogP contribution < -0.4 is 0 Å². The summed E-state index contributed by atoms with van der Waals surface area (Å²) in [5.41, 5.74) is 2.01. The summed E-state index contributed by atoms with van der Waals surface area (Å²) in [6, 6.07) is 8.33. The second-order valence-corrected chi connectivity index (χ2v) is 6.12. The van der Waals surface area contributed by atoms with Crippen LogP contribution in [0.1, 0.15) is 23.5 Å². The zero-order chi connectivity index (χ0) is 15.5. The van der Waals surface area contributed by atoms with Gasteiger partial charge in [-0.05, 0) is 42.3 Å². The number of hydrogen-bond donors (Lipinski definition) is 1. The van der Waals surface area contributed by atoms with Crippen LogP contribution in [0, 0.1) is 5.82 Å².